The van der Waals surface area contributed by atoms with Crippen LogP contribution in [0.5, 0.6) is 5.75 Å². The molecule has 20 heavy (non-hydrogen) atoms. The SMILES string of the molecule is CCOc1ccc(CCC(N)c2ccc(Cl)cc2)cc1. The predicted octanol–water partition coefficient (Wildman–Crippen LogP) is 4.37. The normalized spacial score (nSPS) is 12.2. The molecule has 0 amide bonds. The minimum Gasteiger partial charge on any atom is -0.494 e. The maximum atomic E-state index is 6.20. The van der Waals surface area contributed by atoms with Gasteiger partial charge in [0.05, 0.1) is 6.61 Å². The molecule has 106 valence electrons. The van der Waals surface area contributed by atoms with Gasteiger partial charge in [-0.1, -0.05) is 35.9 Å². The second-order valence-corrected chi connectivity index (χ2v) is 5.21. The van der Waals surface area contributed by atoms with Gasteiger partial charge in [-0.2, -0.15) is 0 Å². The lowest BCUT2D eigenvalue weighted by Crippen LogP contribution is -2.11. The van der Waals surface area contributed by atoms with E-state index in [1.807, 2.05) is 43.3 Å². The zero-order valence-corrected chi connectivity index (χ0v) is 12.4. The third-order valence-corrected chi connectivity index (χ3v) is 3.53. The molecule has 0 bridgehead atoms. The standard InChI is InChI=1S/C17H20ClNO/c1-2-20-16-10-3-13(4-11-16)5-12-17(19)14-6-8-15(18)9-7-14/h3-4,6-11,17H,2,5,12,19H2,1H3. The fourth-order valence-corrected chi connectivity index (χ4v) is 2.24. The lowest BCUT2D eigenvalue weighted by molar-refractivity contribution is 0.340. The minimum atomic E-state index is 0.0406. The van der Waals surface area contributed by atoms with E-state index in [4.69, 9.17) is 22.1 Å². The highest BCUT2D eigenvalue weighted by molar-refractivity contribution is 6.30. The summed E-state index contributed by atoms with van der Waals surface area (Å²) in [5.41, 5.74) is 8.60. The summed E-state index contributed by atoms with van der Waals surface area (Å²) in [4.78, 5) is 0. The van der Waals surface area contributed by atoms with Gasteiger partial charge >= 0.3 is 0 Å². The smallest absolute Gasteiger partial charge is 0.119 e. The summed E-state index contributed by atoms with van der Waals surface area (Å²) >= 11 is 5.88. The van der Waals surface area contributed by atoms with Crippen molar-refractivity contribution in [2.24, 2.45) is 5.73 Å². The van der Waals surface area contributed by atoms with E-state index in [1.165, 1.54) is 5.56 Å². The Bertz CT molecular complexity index is 522. The lowest BCUT2D eigenvalue weighted by Gasteiger charge is -2.12. The van der Waals surface area contributed by atoms with E-state index in [0.717, 1.165) is 29.2 Å². The summed E-state index contributed by atoms with van der Waals surface area (Å²) < 4.78 is 5.43. The average molecular weight is 290 g/mol. The lowest BCUT2D eigenvalue weighted by atomic mass is 10.00. The van der Waals surface area contributed by atoms with Gasteiger partial charge < -0.3 is 10.5 Å². The molecule has 0 heterocycles. The number of hydrogen-bond donors (Lipinski definition) is 1. The van der Waals surface area contributed by atoms with Gasteiger partial charge in [0.1, 0.15) is 5.75 Å². The first-order valence-corrected chi connectivity index (χ1v) is 7.29. The van der Waals surface area contributed by atoms with Crippen LogP contribution < -0.4 is 10.5 Å². The van der Waals surface area contributed by atoms with Gasteiger partial charge in [-0.3, -0.25) is 0 Å². The van der Waals surface area contributed by atoms with Crippen molar-refractivity contribution in [2.45, 2.75) is 25.8 Å². The summed E-state index contributed by atoms with van der Waals surface area (Å²) in [5.74, 6) is 0.915. The molecule has 0 spiro atoms. The number of nitrogens with two attached hydrogens (primary N) is 1. The van der Waals surface area contributed by atoms with Crippen LogP contribution in [-0.2, 0) is 6.42 Å². The Hall–Kier alpha value is -1.51. The average Bonchev–Trinajstić information content (AvgIpc) is 2.47. The Balaban J connectivity index is 1.89. The molecule has 0 saturated carbocycles. The van der Waals surface area contributed by atoms with E-state index in [1.54, 1.807) is 0 Å². The van der Waals surface area contributed by atoms with Gasteiger partial charge in [-0.25, -0.2) is 0 Å². The predicted molar refractivity (Wildman–Crippen MR) is 84.3 cm³/mol. The highest BCUT2D eigenvalue weighted by atomic mass is 35.5. The van der Waals surface area contributed by atoms with E-state index in [9.17, 15) is 0 Å². The molecule has 0 aliphatic heterocycles. The molecule has 0 aromatic heterocycles. The fraction of sp³-hybridized carbons (Fsp3) is 0.294. The van der Waals surface area contributed by atoms with E-state index < -0.39 is 0 Å². The second kappa shape index (κ2) is 7.32. The number of rotatable bonds is 6. The quantitative estimate of drug-likeness (QED) is 0.857. The first-order valence-electron chi connectivity index (χ1n) is 6.92. The molecule has 1 unspecified atom stereocenters. The Morgan fingerprint density at radius 3 is 2.30 bits per heavy atom. The molecule has 0 saturated heterocycles. The van der Waals surface area contributed by atoms with Crippen molar-refractivity contribution < 1.29 is 4.74 Å². The largest absolute Gasteiger partial charge is 0.494 e. The molecule has 2 aromatic carbocycles. The van der Waals surface area contributed by atoms with E-state index in [0.29, 0.717) is 6.61 Å². The molecular formula is C17H20ClNO. The highest BCUT2D eigenvalue weighted by Crippen LogP contribution is 2.20. The summed E-state index contributed by atoms with van der Waals surface area (Å²) in [7, 11) is 0. The maximum absolute atomic E-state index is 6.20. The molecule has 0 aliphatic carbocycles. The van der Waals surface area contributed by atoms with Gasteiger partial charge in [0.2, 0.25) is 0 Å². The number of hydrogen-bond acceptors (Lipinski definition) is 2. The highest BCUT2D eigenvalue weighted by Gasteiger charge is 2.06. The van der Waals surface area contributed by atoms with Gasteiger partial charge in [0, 0.05) is 11.1 Å². The maximum Gasteiger partial charge on any atom is 0.119 e. The molecule has 0 radical (unpaired) electrons. The van der Waals surface area contributed by atoms with Crippen molar-refractivity contribution >= 4 is 11.6 Å². The Morgan fingerprint density at radius 1 is 1.05 bits per heavy atom. The van der Waals surface area contributed by atoms with Crippen molar-refractivity contribution in [3.63, 3.8) is 0 Å². The summed E-state index contributed by atoms with van der Waals surface area (Å²) in [6, 6.07) is 16.0. The van der Waals surface area contributed by atoms with Crippen LogP contribution in [0.2, 0.25) is 5.02 Å². The number of ether oxygens (including phenoxy) is 1. The third-order valence-electron chi connectivity index (χ3n) is 3.28. The molecular weight excluding hydrogens is 270 g/mol. The molecule has 0 fully saturated rings. The molecule has 2 aromatic rings. The van der Waals surface area contributed by atoms with Crippen LogP contribution in [0.3, 0.4) is 0 Å². The molecule has 2 nitrogen and oxygen atoms in total. The topological polar surface area (TPSA) is 35.2 Å². The zero-order valence-electron chi connectivity index (χ0n) is 11.7. The first kappa shape index (κ1) is 14.9. The van der Waals surface area contributed by atoms with Crippen LogP contribution in [0, 0.1) is 0 Å². The second-order valence-electron chi connectivity index (χ2n) is 4.77. The van der Waals surface area contributed by atoms with Gasteiger partial charge in [0.15, 0.2) is 0 Å². The number of benzene rings is 2. The third kappa shape index (κ3) is 4.26. The van der Waals surface area contributed by atoms with Gasteiger partial charge in [0.25, 0.3) is 0 Å². The summed E-state index contributed by atoms with van der Waals surface area (Å²) in [6.45, 7) is 2.68. The van der Waals surface area contributed by atoms with Crippen LogP contribution in [-0.4, -0.2) is 6.61 Å². The molecule has 2 N–H and O–H groups in total. The van der Waals surface area contributed by atoms with Gasteiger partial charge in [-0.05, 0) is 55.2 Å². The van der Waals surface area contributed by atoms with Crippen molar-refractivity contribution in [2.75, 3.05) is 6.61 Å². The van der Waals surface area contributed by atoms with Crippen molar-refractivity contribution in [3.8, 4) is 5.75 Å². The monoisotopic (exact) mass is 289 g/mol. The summed E-state index contributed by atoms with van der Waals surface area (Å²) in [6.07, 6.45) is 1.87. The van der Waals surface area contributed by atoms with Gasteiger partial charge in [-0.15, -0.1) is 0 Å². The number of halogens is 1. The minimum absolute atomic E-state index is 0.0406. The van der Waals surface area contributed by atoms with Crippen LogP contribution in [0.25, 0.3) is 0 Å². The van der Waals surface area contributed by atoms with Crippen LogP contribution in [0.4, 0.5) is 0 Å². The first-order chi connectivity index (χ1) is 9.69. The Morgan fingerprint density at radius 2 is 1.70 bits per heavy atom. The number of aryl methyl sites for hydroxylation is 1. The van der Waals surface area contributed by atoms with E-state index in [2.05, 4.69) is 12.1 Å². The fourth-order valence-electron chi connectivity index (χ4n) is 2.12. The molecule has 2 rings (SSSR count). The Labute approximate surface area is 125 Å². The van der Waals surface area contributed by atoms with Crippen LogP contribution in [0.15, 0.2) is 48.5 Å². The van der Waals surface area contributed by atoms with Crippen molar-refractivity contribution in [1.29, 1.82) is 0 Å². The van der Waals surface area contributed by atoms with Crippen molar-refractivity contribution in [1.82, 2.24) is 0 Å². The zero-order chi connectivity index (χ0) is 14.4. The van der Waals surface area contributed by atoms with E-state index >= 15 is 0 Å². The summed E-state index contributed by atoms with van der Waals surface area (Å²) in [5, 5.41) is 0.743. The van der Waals surface area contributed by atoms with E-state index in [-0.39, 0.29) is 6.04 Å². The molecule has 0 aliphatic rings. The van der Waals surface area contributed by atoms with Crippen molar-refractivity contribution in [3.05, 3.63) is 64.7 Å². The van der Waals surface area contributed by atoms with Crippen LogP contribution in [0.1, 0.15) is 30.5 Å². The Kier molecular flexibility index (Phi) is 5.45. The molecule has 3 heteroatoms. The molecule has 1 atom stereocenters. The van der Waals surface area contributed by atoms with Crippen LogP contribution >= 0.6 is 11.6 Å².